The molecule has 2 aromatic rings. The molecule has 0 unspecified atom stereocenters. The second-order valence-corrected chi connectivity index (χ2v) is 10.0. The lowest BCUT2D eigenvalue weighted by atomic mass is 9.78. The number of aryl methyl sites for hydroxylation is 1. The summed E-state index contributed by atoms with van der Waals surface area (Å²) in [6.45, 7) is 4.09. The first-order valence-corrected chi connectivity index (χ1v) is 13.0. The Kier molecular flexibility index (Phi) is 9.43. The van der Waals surface area contributed by atoms with Gasteiger partial charge in [0.2, 0.25) is 11.8 Å². The molecule has 1 aliphatic heterocycles. The Hall–Kier alpha value is -3.00. The lowest BCUT2D eigenvalue weighted by Crippen LogP contribution is -2.44. The molecule has 2 aromatic carbocycles. The molecule has 2 N–H and O–H groups in total. The van der Waals surface area contributed by atoms with Crippen LogP contribution in [0.15, 0.2) is 51.5 Å². The highest BCUT2D eigenvalue weighted by atomic mass is 79.9. The number of nitrogens with one attached hydrogen (secondary N) is 2. The Morgan fingerprint density at radius 3 is 2.64 bits per heavy atom. The maximum absolute atomic E-state index is 13.0. The van der Waals surface area contributed by atoms with Crippen molar-refractivity contribution < 1.29 is 23.9 Å². The van der Waals surface area contributed by atoms with E-state index in [4.69, 9.17) is 21.1 Å². The van der Waals surface area contributed by atoms with Crippen molar-refractivity contribution >= 4 is 62.8 Å². The van der Waals surface area contributed by atoms with Crippen molar-refractivity contribution in [3.63, 3.8) is 0 Å². The zero-order valence-corrected chi connectivity index (χ0v) is 22.8. The Bertz CT molecular complexity index is 1280. The van der Waals surface area contributed by atoms with Crippen LogP contribution >= 0.6 is 39.3 Å². The van der Waals surface area contributed by atoms with E-state index in [0.29, 0.717) is 23.6 Å². The van der Waals surface area contributed by atoms with E-state index in [0.717, 1.165) is 21.8 Å². The minimum absolute atomic E-state index is 0.0735. The third-order valence-corrected chi connectivity index (χ3v) is 7.21. The van der Waals surface area contributed by atoms with Gasteiger partial charge in [0.1, 0.15) is 11.7 Å². The summed E-state index contributed by atoms with van der Waals surface area (Å²) in [6, 6.07) is 12.4. The Balaban J connectivity index is 1.92. The SMILES string of the molecule is CCOc1ccc([C@H]2C(C#N)=C(SCC(=O)Nc3ccc(Br)cc3C)NC(=O)[C@H]2C(=O)OC)cc1Cl. The molecule has 0 saturated carbocycles. The highest BCUT2D eigenvalue weighted by molar-refractivity contribution is 9.10. The van der Waals surface area contributed by atoms with Crippen molar-refractivity contribution in [3.8, 4) is 11.8 Å². The number of hydrogen-bond donors (Lipinski definition) is 2. The number of carbonyl (C=O) groups excluding carboxylic acids is 3. The van der Waals surface area contributed by atoms with E-state index in [-0.39, 0.29) is 27.3 Å². The number of thioether (sulfide) groups is 1. The number of hydrogen-bond acceptors (Lipinski definition) is 7. The first kappa shape index (κ1) is 27.6. The number of amides is 2. The summed E-state index contributed by atoms with van der Waals surface area (Å²) in [4.78, 5) is 38.2. The van der Waals surface area contributed by atoms with E-state index in [2.05, 4.69) is 32.6 Å². The normalized spacial score (nSPS) is 17.2. The van der Waals surface area contributed by atoms with Gasteiger partial charge in [0.15, 0.2) is 0 Å². The van der Waals surface area contributed by atoms with E-state index < -0.39 is 23.7 Å². The van der Waals surface area contributed by atoms with Crippen LogP contribution in [0, 0.1) is 24.2 Å². The predicted octanol–water partition coefficient (Wildman–Crippen LogP) is 4.92. The van der Waals surface area contributed by atoms with Gasteiger partial charge in [-0.25, -0.2) is 0 Å². The van der Waals surface area contributed by atoms with Crippen molar-refractivity contribution in [3.05, 3.63) is 67.6 Å². The largest absolute Gasteiger partial charge is 0.492 e. The molecule has 188 valence electrons. The van der Waals surface area contributed by atoms with Crippen LogP contribution < -0.4 is 15.4 Å². The van der Waals surface area contributed by atoms with Gasteiger partial charge in [0.25, 0.3) is 0 Å². The van der Waals surface area contributed by atoms with Crippen LogP contribution in [-0.4, -0.2) is 37.3 Å². The molecule has 0 aliphatic carbocycles. The van der Waals surface area contributed by atoms with E-state index in [1.54, 1.807) is 24.3 Å². The predicted molar refractivity (Wildman–Crippen MR) is 142 cm³/mol. The standard InChI is InChI=1S/C25H23BrClN3O5S/c1-4-35-19-8-5-14(10-17(19)27)21-16(11-28)24(30-23(32)22(21)25(33)34-3)36-12-20(31)29-18-7-6-15(26)9-13(18)2/h5-10,21-22H,4,12H2,1-3H3,(H,29,31)(H,30,32)/t21-,22-/m0/s1. The second-order valence-electron chi connectivity index (χ2n) is 7.74. The van der Waals surface area contributed by atoms with Gasteiger partial charge >= 0.3 is 5.97 Å². The molecule has 0 spiro atoms. The van der Waals surface area contributed by atoms with Crippen LogP contribution in [0.5, 0.6) is 5.75 Å². The quantitative estimate of drug-likeness (QED) is 0.330. The Morgan fingerprint density at radius 2 is 2.03 bits per heavy atom. The van der Waals surface area contributed by atoms with Crippen LogP contribution in [0.2, 0.25) is 5.02 Å². The van der Waals surface area contributed by atoms with Gasteiger partial charge in [-0.3, -0.25) is 14.4 Å². The third kappa shape index (κ3) is 6.22. The summed E-state index contributed by atoms with van der Waals surface area (Å²) in [6.07, 6.45) is 0. The number of nitrogens with zero attached hydrogens (tertiary/aromatic N) is 1. The maximum atomic E-state index is 13.0. The first-order chi connectivity index (χ1) is 17.2. The summed E-state index contributed by atoms with van der Waals surface area (Å²) in [5, 5.41) is 15.9. The Morgan fingerprint density at radius 1 is 1.28 bits per heavy atom. The molecule has 2 atom stereocenters. The van der Waals surface area contributed by atoms with Gasteiger partial charge in [-0.2, -0.15) is 5.26 Å². The zero-order chi connectivity index (χ0) is 26.4. The highest BCUT2D eigenvalue weighted by Crippen LogP contribution is 2.42. The first-order valence-electron chi connectivity index (χ1n) is 10.8. The van der Waals surface area contributed by atoms with Gasteiger partial charge in [-0.1, -0.05) is 45.4 Å². The molecule has 11 heteroatoms. The summed E-state index contributed by atoms with van der Waals surface area (Å²) in [5.41, 5.74) is 2.12. The molecule has 8 nitrogen and oxygen atoms in total. The van der Waals surface area contributed by atoms with Crippen LogP contribution in [0.3, 0.4) is 0 Å². The molecule has 0 fully saturated rings. The topological polar surface area (TPSA) is 118 Å². The average Bonchev–Trinajstić information content (AvgIpc) is 2.84. The number of carbonyl (C=O) groups is 3. The zero-order valence-electron chi connectivity index (χ0n) is 19.7. The number of methoxy groups -OCH3 is 1. The fraction of sp³-hybridized carbons (Fsp3) is 0.280. The van der Waals surface area contributed by atoms with Crippen molar-refractivity contribution in [2.45, 2.75) is 19.8 Å². The van der Waals surface area contributed by atoms with E-state index in [1.165, 1.54) is 7.11 Å². The van der Waals surface area contributed by atoms with Gasteiger partial charge in [-0.05, 0) is 55.3 Å². The summed E-state index contributed by atoms with van der Waals surface area (Å²) >= 11 is 10.7. The van der Waals surface area contributed by atoms with Crippen LogP contribution in [-0.2, 0) is 19.1 Å². The molecule has 0 aromatic heterocycles. The summed E-state index contributed by atoms with van der Waals surface area (Å²) in [7, 11) is 1.17. The van der Waals surface area contributed by atoms with Crippen LogP contribution in [0.1, 0.15) is 24.0 Å². The van der Waals surface area contributed by atoms with Crippen LogP contribution in [0.4, 0.5) is 5.69 Å². The molecular weight excluding hydrogens is 570 g/mol. The monoisotopic (exact) mass is 591 g/mol. The number of allylic oxidation sites excluding steroid dienone is 1. The lowest BCUT2D eigenvalue weighted by Gasteiger charge is -2.31. The summed E-state index contributed by atoms with van der Waals surface area (Å²) < 4.78 is 11.2. The molecule has 0 radical (unpaired) electrons. The molecule has 2 amide bonds. The number of halogens is 2. The highest BCUT2D eigenvalue weighted by Gasteiger charge is 2.44. The summed E-state index contributed by atoms with van der Waals surface area (Å²) in [5.74, 6) is -3.64. The van der Waals surface area contributed by atoms with E-state index in [1.807, 2.05) is 26.0 Å². The number of nitriles is 1. The van der Waals surface area contributed by atoms with Crippen molar-refractivity contribution in [2.75, 3.05) is 24.8 Å². The molecule has 0 saturated heterocycles. The minimum atomic E-state index is -1.30. The minimum Gasteiger partial charge on any atom is -0.492 e. The number of benzene rings is 2. The number of anilines is 1. The fourth-order valence-electron chi connectivity index (χ4n) is 3.75. The van der Waals surface area contributed by atoms with Gasteiger partial charge < -0.3 is 20.1 Å². The third-order valence-electron chi connectivity index (χ3n) is 5.41. The van der Waals surface area contributed by atoms with Gasteiger partial charge in [0.05, 0.1) is 41.2 Å². The molecule has 0 bridgehead atoms. The maximum Gasteiger partial charge on any atom is 0.319 e. The van der Waals surface area contributed by atoms with E-state index in [9.17, 15) is 19.6 Å². The van der Waals surface area contributed by atoms with Crippen LogP contribution in [0.25, 0.3) is 0 Å². The molecule has 36 heavy (non-hydrogen) atoms. The number of ether oxygens (including phenoxy) is 2. The average molecular weight is 593 g/mol. The van der Waals surface area contributed by atoms with Crippen molar-refractivity contribution in [2.24, 2.45) is 5.92 Å². The smallest absolute Gasteiger partial charge is 0.319 e. The van der Waals surface area contributed by atoms with Crippen molar-refractivity contribution in [1.82, 2.24) is 5.32 Å². The van der Waals surface area contributed by atoms with Gasteiger partial charge in [0, 0.05) is 16.1 Å². The van der Waals surface area contributed by atoms with Gasteiger partial charge in [-0.15, -0.1) is 0 Å². The molecule has 3 rings (SSSR count). The van der Waals surface area contributed by atoms with Crippen molar-refractivity contribution in [1.29, 1.82) is 5.26 Å². The molecule has 1 aliphatic rings. The Labute approximate surface area is 226 Å². The van der Waals surface area contributed by atoms with E-state index >= 15 is 0 Å². The molecular formula is C25H23BrClN3O5S. The lowest BCUT2D eigenvalue weighted by molar-refractivity contribution is -0.150. The molecule has 1 heterocycles. The number of rotatable bonds is 8. The fourth-order valence-corrected chi connectivity index (χ4v) is 5.32. The number of esters is 1. The second kappa shape index (κ2) is 12.3.